The van der Waals surface area contributed by atoms with E-state index in [4.69, 9.17) is 4.74 Å². The molecule has 2 aliphatic heterocycles. The first-order valence-electron chi connectivity index (χ1n) is 11.5. The minimum Gasteiger partial charge on any atom is -0.484 e. The van der Waals surface area contributed by atoms with Gasteiger partial charge in [-0.2, -0.15) is 0 Å². The van der Waals surface area contributed by atoms with Gasteiger partial charge in [0.25, 0.3) is 5.91 Å². The van der Waals surface area contributed by atoms with Gasteiger partial charge in [-0.05, 0) is 55.0 Å². The molecular formula is C26H32N2O3S2. The summed E-state index contributed by atoms with van der Waals surface area (Å²) in [6.07, 6.45) is 1.28. The van der Waals surface area contributed by atoms with Gasteiger partial charge in [0.15, 0.2) is 6.61 Å². The molecule has 0 N–H and O–H groups in total. The Morgan fingerprint density at radius 2 is 1.52 bits per heavy atom. The standard InChI is InChI=1S/C26H32N2O3S2/c1-26(2,21-7-4-3-5-8-21)25(30)28-15-13-27(14-16-28)23(29)19-31-22-11-9-20(10-12-22)24-32-17-6-18-33-24/h3-5,7-12,24H,6,13-19H2,1-2H3. The summed E-state index contributed by atoms with van der Waals surface area (Å²) in [5, 5.41) is 0. The van der Waals surface area contributed by atoms with Crippen molar-refractivity contribution in [3.05, 3.63) is 65.7 Å². The van der Waals surface area contributed by atoms with E-state index in [0.29, 0.717) is 30.8 Å². The number of benzene rings is 2. The number of rotatable bonds is 6. The van der Waals surface area contributed by atoms with Crippen LogP contribution in [-0.4, -0.2) is 65.9 Å². The van der Waals surface area contributed by atoms with Crippen molar-refractivity contribution < 1.29 is 14.3 Å². The average Bonchev–Trinajstić information content (AvgIpc) is 2.88. The molecule has 0 atom stereocenters. The van der Waals surface area contributed by atoms with Crippen LogP contribution >= 0.6 is 23.5 Å². The molecule has 2 aromatic rings. The molecule has 0 unspecified atom stereocenters. The molecule has 0 spiro atoms. The van der Waals surface area contributed by atoms with Gasteiger partial charge in [0.05, 0.1) is 10.00 Å². The van der Waals surface area contributed by atoms with E-state index < -0.39 is 5.41 Å². The molecule has 0 aliphatic carbocycles. The number of carbonyl (C=O) groups excluding carboxylic acids is 2. The smallest absolute Gasteiger partial charge is 0.260 e. The topological polar surface area (TPSA) is 49.9 Å². The van der Waals surface area contributed by atoms with Crippen molar-refractivity contribution in [3.8, 4) is 5.75 Å². The fourth-order valence-corrected chi connectivity index (χ4v) is 7.06. The van der Waals surface area contributed by atoms with Crippen LogP contribution in [0.5, 0.6) is 5.75 Å². The van der Waals surface area contributed by atoms with Gasteiger partial charge in [-0.1, -0.05) is 42.5 Å². The Morgan fingerprint density at radius 1 is 0.909 bits per heavy atom. The SMILES string of the molecule is CC(C)(C(=O)N1CCN(C(=O)COc2ccc(C3SCCCS3)cc2)CC1)c1ccccc1. The summed E-state index contributed by atoms with van der Waals surface area (Å²) in [6, 6.07) is 18.0. The summed E-state index contributed by atoms with van der Waals surface area (Å²) in [6.45, 7) is 6.12. The van der Waals surface area contributed by atoms with E-state index in [1.54, 1.807) is 4.90 Å². The zero-order valence-electron chi connectivity index (χ0n) is 19.4. The van der Waals surface area contributed by atoms with E-state index >= 15 is 0 Å². The van der Waals surface area contributed by atoms with E-state index in [0.717, 1.165) is 11.3 Å². The van der Waals surface area contributed by atoms with Crippen molar-refractivity contribution in [3.63, 3.8) is 0 Å². The number of hydrogen-bond donors (Lipinski definition) is 0. The highest BCUT2D eigenvalue weighted by molar-refractivity contribution is 8.16. The Hall–Kier alpha value is -2.12. The molecule has 2 saturated heterocycles. The zero-order chi connectivity index (χ0) is 23.3. The van der Waals surface area contributed by atoms with Crippen molar-refractivity contribution in [2.24, 2.45) is 0 Å². The van der Waals surface area contributed by atoms with E-state index in [1.807, 2.05) is 84.7 Å². The van der Waals surface area contributed by atoms with Crippen LogP contribution in [0.25, 0.3) is 0 Å². The van der Waals surface area contributed by atoms with Crippen LogP contribution in [0.2, 0.25) is 0 Å². The largest absolute Gasteiger partial charge is 0.484 e. The van der Waals surface area contributed by atoms with Gasteiger partial charge < -0.3 is 14.5 Å². The Labute approximate surface area is 205 Å². The van der Waals surface area contributed by atoms with Crippen LogP contribution in [0, 0.1) is 0 Å². The quantitative estimate of drug-likeness (QED) is 0.601. The second-order valence-corrected chi connectivity index (χ2v) is 11.7. The second kappa shape index (κ2) is 10.9. The number of ether oxygens (including phenoxy) is 1. The predicted octanol–water partition coefficient (Wildman–Crippen LogP) is 4.58. The monoisotopic (exact) mass is 484 g/mol. The summed E-state index contributed by atoms with van der Waals surface area (Å²) >= 11 is 3.99. The maximum Gasteiger partial charge on any atom is 0.260 e. The molecule has 0 bridgehead atoms. The van der Waals surface area contributed by atoms with Gasteiger partial charge in [-0.15, -0.1) is 23.5 Å². The highest BCUT2D eigenvalue weighted by atomic mass is 32.2. The Morgan fingerprint density at radius 3 is 2.15 bits per heavy atom. The molecule has 5 nitrogen and oxygen atoms in total. The first-order chi connectivity index (χ1) is 15.9. The van der Waals surface area contributed by atoms with Crippen molar-refractivity contribution in [2.75, 3.05) is 44.3 Å². The van der Waals surface area contributed by atoms with Crippen LogP contribution in [0.4, 0.5) is 0 Å². The maximum absolute atomic E-state index is 13.1. The summed E-state index contributed by atoms with van der Waals surface area (Å²) < 4.78 is 6.26. The van der Waals surface area contributed by atoms with Crippen LogP contribution in [0.15, 0.2) is 54.6 Å². The lowest BCUT2D eigenvalue weighted by atomic mass is 9.83. The molecule has 2 amide bonds. The maximum atomic E-state index is 13.1. The molecular weight excluding hydrogens is 452 g/mol. The second-order valence-electron chi connectivity index (χ2n) is 8.95. The van der Waals surface area contributed by atoms with Gasteiger partial charge in [-0.25, -0.2) is 0 Å². The molecule has 0 aromatic heterocycles. The number of thioether (sulfide) groups is 2. The molecule has 2 aliphatic rings. The van der Waals surface area contributed by atoms with Crippen molar-refractivity contribution >= 4 is 35.3 Å². The lowest BCUT2D eigenvalue weighted by Gasteiger charge is -2.38. The van der Waals surface area contributed by atoms with E-state index in [1.165, 1.54) is 23.5 Å². The normalized spacial score (nSPS) is 17.6. The summed E-state index contributed by atoms with van der Waals surface area (Å²) in [4.78, 5) is 29.5. The number of carbonyl (C=O) groups is 2. The van der Waals surface area contributed by atoms with E-state index in [2.05, 4.69) is 12.1 Å². The third-order valence-corrected chi connectivity index (χ3v) is 9.31. The third-order valence-electron chi connectivity index (χ3n) is 6.29. The molecule has 33 heavy (non-hydrogen) atoms. The van der Waals surface area contributed by atoms with E-state index in [9.17, 15) is 9.59 Å². The fraction of sp³-hybridized carbons (Fsp3) is 0.462. The van der Waals surface area contributed by atoms with Crippen LogP contribution in [0.3, 0.4) is 0 Å². The molecule has 176 valence electrons. The van der Waals surface area contributed by atoms with Gasteiger partial charge in [0, 0.05) is 26.2 Å². The number of nitrogens with zero attached hydrogens (tertiary/aromatic N) is 2. The Balaban J connectivity index is 1.24. The summed E-state index contributed by atoms with van der Waals surface area (Å²) in [5.74, 6) is 3.22. The fourth-order valence-electron chi connectivity index (χ4n) is 4.17. The molecule has 4 rings (SSSR count). The van der Waals surface area contributed by atoms with Gasteiger partial charge in [0.2, 0.25) is 5.91 Å². The first kappa shape index (κ1) is 24.0. The summed E-state index contributed by atoms with van der Waals surface area (Å²) in [7, 11) is 0. The minimum atomic E-state index is -0.586. The number of piperazine rings is 1. The van der Waals surface area contributed by atoms with Crippen LogP contribution in [0.1, 0.15) is 36.0 Å². The third kappa shape index (κ3) is 5.87. The highest BCUT2D eigenvalue weighted by Crippen LogP contribution is 2.43. The number of amides is 2. The Bertz CT molecular complexity index is 936. The van der Waals surface area contributed by atoms with E-state index in [-0.39, 0.29) is 18.4 Å². The van der Waals surface area contributed by atoms with Gasteiger partial charge >= 0.3 is 0 Å². The lowest BCUT2D eigenvalue weighted by molar-refractivity contribution is -0.143. The molecule has 2 heterocycles. The number of hydrogen-bond acceptors (Lipinski definition) is 5. The Kier molecular flexibility index (Phi) is 7.91. The lowest BCUT2D eigenvalue weighted by Crippen LogP contribution is -2.55. The minimum absolute atomic E-state index is 0.0235. The van der Waals surface area contributed by atoms with Crippen LogP contribution in [-0.2, 0) is 15.0 Å². The molecule has 2 fully saturated rings. The van der Waals surface area contributed by atoms with Crippen molar-refractivity contribution in [1.82, 2.24) is 9.80 Å². The first-order valence-corrected chi connectivity index (χ1v) is 13.6. The zero-order valence-corrected chi connectivity index (χ0v) is 21.0. The highest BCUT2D eigenvalue weighted by Gasteiger charge is 2.35. The van der Waals surface area contributed by atoms with Gasteiger partial charge in [-0.3, -0.25) is 9.59 Å². The van der Waals surface area contributed by atoms with Crippen molar-refractivity contribution in [1.29, 1.82) is 0 Å². The van der Waals surface area contributed by atoms with Gasteiger partial charge in [0.1, 0.15) is 5.75 Å². The van der Waals surface area contributed by atoms with Crippen LogP contribution < -0.4 is 4.74 Å². The molecule has 7 heteroatoms. The molecule has 0 radical (unpaired) electrons. The predicted molar refractivity (Wildman–Crippen MR) is 137 cm³/mol. The van der Waals surface area contributed by atoms with Crippen molar-refractivity contribution in [2.45, 2.75) is 30.3 Å². The molecule has 0 saturated carbocycles. The molecule has 2 aromatic carbocycles. The average molecular weight is 485 g/mol. The summed E-state index contributed by atoms with van der Waals surface area (Å²) in [5.41, 5.74) is 1.73.